The van der Waals surface area contributed by atoms with Crippen LogP contribution in [0.4, 0.5) is 0 Å². The van der Waals surface area contributed by atoms with Crippen molar-refractivity contribution in [2.75, 3.05) is 0 Å². The molecule has 0 aromatic heterocycles. The third-order valence-corrected chi connectivity index (χ3v) is 6.27. The number of aliphatic hydroxyl groups is 1. The summed E-state index contributed by atoms with van der Waals surface area (Å²) in [5.74, 6) is 0.110. The maximum Gasteiger partial charge on any atom is 0.337 e. The first-order valence-electron chi connectivity index (χ1n) is 11.2. The van der Waals surface area contributed by atoms with E-state index in [1.165, 1.54) is 0 Å². The van der Waals surface area contributed by atoms with Gasteiger partial charge in [-0.2, -0.15) is 0 Å². The summed E-state index contributed by atoms with van der Waals surface area (Å²) in [6.45, 7) is 6.45. The zero-order valence-electron chi connectivity index (χ0n) is 18.5. The minimum Gasteiger partial charge on any atom is -0.460 e. The molecule has 166 valence electrons. The maximum atomic E-state index is 13.0. The zero-order chi connectivity index (χ0) is 22.4. The lowest BCUT2D eigenvalue weighted by Crippen LogP contribution is -2.44. The Bertz CT molecular complexity index is 852. The van der Waals surface area contributed by atoms with Gasteiger partial charge in [-0.1, -0.05) is 75.7 Å². The molecule has 5 atom stereocenters. The topological polar surface area (TPSA) is 75.6 Å². The van der Waals surface area contributed by atoms with Crippen molar-refractivity contribution in [2.45, 2.75) is 58.3 Å². The monoisotopic (exact) mass is 423 g/mol. The van der Waals surface area contributed by atoms with Gasteiger partial charge in [-0.05, 0) is 48.3 Å². The molecule has 2 aromatic carbocycles. The highest BCUT2D eigenvalue weighted by molar-refractivity contribution is 5.94. The van der Waals surface area contributed by atoms with E-state index < -0.39 is 18.1 Å². The van der Waals surface area contributed by atoms with Gasteiger partial charge in [-0.3, -0.25) is 4.79 Å². The van der Waals surface area contributed by atoms with Crippen LogP contribution in [0.3, 0.4) is 0 Å². The molecule has 5 heteroatoms. The van der Waals surface area contributed by atoms with Crippen LogP contribution in [0.2, 0.25) is 0 Å². The van der Waals surface area contributed by atoms with E-state index in [4.69, 9.17) is 4.74 Å². The summed E-state index contributed by atoms with van der Waals surface area (Å²) in [6, 6.07) is 16.9. The third kappa shape index (κ3) is 5.95. The number of rotatable bonds is 7. The number of amides is 1. The fourth-order valence-corrected chi connectivity index (χ4v) is 4.42. The van der Waals surface area contributed by atoms with Crippen LogP contribution in [0.25, 0.3) is 0 Å². The highest BCUT2D eigenvalue weighted by Gasteiger charge is 2.37. The molecule has 2 unspecified atom stereocenters. The number of benzene rings is 2. The molecule has 1 fully saturated rings. The van der Waals surface area contributed by atoms with Crippen LogP contribution >= 0.6 is 0 Å². The van der Waals surface area contributed by atoms with Gasteiger partial charge in [0.25, 0.3) is 5.91 Å². The van der Waals surface area contributed by atoms with Crippen LogP contribution in [0, 0.1) is 17.8 Å². The zero-order valence-corrected chi connectivity index (χ0v) is 18.5. The largest absolute Gasteiger partial charge is 0.460 e. The Labute approximate surface area is 184 Å². The Morgan fingerprint density at radius 2 is 1.61 bits per heavy atom. The lowest BCUT2D eigenvalue weighted by Gasteiger charge is -2.37. The molecule has 0 radical (unpaired) electrons. The Morgan fingerprint density at radius 3 is 2.23 bits per heavy atom. The molecule has 0 bridgehead atoms. The van der Waals surface area contributed by atoms with Crippen LogP contribution in [-0.2, 0) is 9.53 Å². The van der Waals surface area contributed by atoms with Crippen LogP contribution < -0.4 is 5.32 Å². The first kappa shape index (κ1) is 23.0. The van der Waals surface area contributed by atoms with Gasteiger partial charge >= 0.3 is 5.97 Å². The lowest BCUT2D eigenvalue weighted by atomic mass is 9.75. The second-order valence-corrected chi connectivity index (χ2v) is 8.97. The first-order chi connectivity index (χ1) is 14.9. The highest BCUT2D eigenvalue weighted by atomic mass is 16.6. The van der Waals surface area contributed by atoms with Gasteiger partial charge in [-0.15, -0.1) is 0 Å². The molecule has 2 N–H and O–H groups in total. The number of carbonyl (C=O) groups excluding carboxylic acids is 2. The van der Waals surface area contributed by atoms with Gasteiger partial charge in [0.05, 0.1) is 6.04 Å². The van der Waals surface area contributed by atoms with Crippen molar-refractivity contribution in [1.29, 1.82) is 0 Å². The summed E-state index contributed by atoms with van der Waals surface area (Å²) in [7, 11) is 0. The van der Waals surface area contributed by atoms with Gasteiger partial charge in [-0.25, -0.2) is 4.79 Å². The molecule has 1 aliphatic rings. The molecule has 31 heavy (non-hydrogen) atoms. The standard InChI is InChI=1S/C26H33NO4/c1-17(2)21-15-14-18(3)16-22(21)31-26(30)24(28)23(19-10-6-4-7-11-19)27-25(29)20-12-8-5-9-13-20/h4-13,17-18,21-24,28H,14-16H2,1-3H3,(H,27,29)/t18-,21?,22-,23?,24+/m0/s1. The molecular weight excluding hydrogens is 390 g/mol. The second-order valence-electron chi connectivity index (χ2n) is 8.97. The Balaban J connectivity index is 1.78. The lowest BCUT2D eigenvalue weighted by molar-refractivity contribution is -0.167. The van der Waals surface area contributed by atoms with Gasteiger partial charge in [0.1, 0.15) is 6.10 Å². The summed E-state index contributed by atoms with van der Waals surface area (Å²) in [5, 5.41) is 13.8. The molecule has 3 rings (SSSR count). The number of ether oxygens (including phenoxy) is 1. The number of hydrogen-bond donors (Lipinski definition) is 2. The van der Waals surface area contributed by atoms with Crippen molar-refractivity contribution in [1.82, 2.24) is 5.32 Å². The fraction of sp³-hybridized carbons (Fsp3) is 0.462. The molecule has 0 aliphatic heterocycles. The quantitative estimate of drug-likeness (QED) is 0.642. The number of esters is 1. The molecule has 1 aliphatic carbocycles. The molecule has 0 heterocycles. The molecule has 5 nitrogen and oxygen atoms in total. The average molecular weight is 424 g/mol. The van der Waals surface area contributed by atoms with E-state index in [1.54, 1.807) is 36.4 Å². The predicted octanol–water partition coefficient (Wildman–Crippen LogP) is 4.52. The summed E-state index contributed by atoms with van der Waals surface area (Å²) >= 11 is 0. The maximum absolute atomic E-state index is 13.0. The van der Waals surface area contributed by atoms with Crippen molar-refractivity contribution in [3.8, 4) is 0 Å². The fourth-order valence-electron chi connectivity index (χ4n) is 4.42. The Morgan fingerprint density at radius 1 is 1.00 bits per heavy atom. The number of nitrogens with one attached hydrogen (secondary N) is 1. The first-order valence-corrected chi connectivity index (χ1v) is 11.2. The normalized spacial score (nSPS) is 23.1. The second kappa shape index (κ2) is 10.6. The summed E-state index contributed by atoms with van der Waals surface area (Å²) in [5.41, 5.74) is 1.11. The van der Waals surface area contributed by atoms with Gasteiger partial charge in [0.2, 0.25) is 0 Å². The summed E-state index contributed by atoms with van der Waals surface area (Å²) in [6.07, 6.45) is 1.22. The Hall–Kier alpha value is -2.66. The molecular formula is C26H33NO4. The molecule has 0 spiro atoms. The van der Waals surface area contributed by atoms with Gasteiger partial charge < -0.3 is 15.2 Å². The minimum atomic E-state index is -1.50. The smallest absolute Gasteiger partial charge is 0.337 e. The van der Waals surface area contributed by atoms with Crippen LogP contribution in [0.5, 0.6) is 0 Å². The van der Waals surface area contributed by atoms with E-state index in [9.17, 15) is 14.7 Å². The predicted molar refractivity (Wildman–Crippen MR) is 120 cm³/mol. The number of aliphatic hydroxyl groups excluding tert-OH is 1. The minimum absolute atomic E-state index is 0.216. The van der Waals surface area contributed by atoms with Crippen LogP contribution in [-0.4, -0.2) is 29.2 Å². The summed E-state index contributed by atoms with van der Waals surface area (Å²) < 4.78 is 5.85. The van der Waals surface area contributed by atoms with E-state index in [0.29, 0.717) is 23.0 Å². The van der Waals surface area contributed by atoms with Crippen LogP contribution in [0.15, 0.2) is 60.7 Å². The van der Waals surface area contributed by atoms with Crippen molar-refractivity contribution < 1.29 is 19.4 Å². The molecule has 1 amide bonds. The molecule has 0 saturated heterocycles. The van der Waals surface area contributed by atoms with E-state index in [2.05, 4.69) is 26.1 Å². The number of carbonyl (C=O) groups is 2. The van der Waals surface area contributed by atoms with E-state index in [0.717, 1.165) is 19.3 Å². The number of hydrogen-bond acceptors (Lipinski definition) is 4. The van der Waals surface area contributed by atoms with E-state index in [1.807, 2.05) is 24.3 Å². The van der Waals surface area contributed by atoms with E-state index >= 15 is 0 Å². The van der Waals surface area contributed by atoms with Crippen molar-refractivity contribution in [3.05, 3.63) is 71.8 Å². The van der Waals surface area contributed by atoms with Crippen molar-refractivity contribution in [3.63, 3.8) is 0 Å². The summed E-state index contributed by atoms with van der Waals surface area (Å²) in [4.78, 5) is 25.8. The highest BCUT2D eigenvalue weighted by Crippen LogP contribution is 2.36. The van der Waals surface area contributed by atoms with E-state index in [-0.39, 0.29) is 17.9 Å². The molecule has 1 saturated carbocycles. The van der Waals surface area contributed by atoms with Gasteiger partial charge in [0.15, 0.2) is 6.10 Å². The van der Waals surface area contributed by atoms with Gasteiger partial charge in [0, 0.05) is 5.56 Å². The molecule has 2 aromatic rings. The van der Waals surface area contributed by atoms with Crippen molar-refractivity contribution in [2.24, 2.45) is 17.8 Å². The average Bonchev–Trinajstić information content (AvgIpc) is 2.77. The van der Waals surface area contributed by atoms with Crippen molar-refractivity contribution >= 4 is 11.9 Å². The van der Waals surface area contributed by atoms with Crippen LogP contribution in [0.1, 0.15) is 62.0 Å². The Kier molecular flexibility index (Phi) is 7.85. The third-order valence-electron chi connectivity index (χ3n) is 6.27. The SMILES string of the molecule is CC(C)C1CC[C@H](C)C[C@@H]1OC(=O)[C@H](O)C(NC(=O)c1ccccc1)c1ccccc1.